The van der Waals surface area contributed by atoms with E-state index in [2.05, 4.69) is 16.9 Å². The molecule has 196 valence electrons. The predicted octanol–water partition coefficient (Wildman–Crippen LogP) is 3.72. The summed E-state index contributed by atoms with van der Waals surface area (Å²) < 4.78 is 47.6. The number of hydrogen-bond acceptors (Lipinski definition) is 7. The number of amides is 1. The molecule has 1 aliphatic heterocycles. The van der Waals surface area contributed by atoms with Crippen molar-refractivity contribution in [2.24, 2.45) is 5.92 Å². The number of H-pyrrole nitrogens is 1. The lowest BCUT2D eigenvalue weighted by Crippen LogP contribution is -2.38. The summed E-state index contributed by atoms with van der Waals surface area (Å²) in [5, 5.41) is 0. The molecule has 37 heavy (non-hydrogen) atoms. The largest absolute Gasteiger partial charge is 0.491 e. The van der Waals surface area contributed by atoms with Gasteiger partial charge in [0, 0.05) is 30.9 Å². The predicted molar refractivity (Wildman–Crippen MR) is 138 cm³/mol. The van der Waals surface area contributed by atoms with Crippen molar-refractivity contribution in [1.82, 2.24) is 14.7 Å². The first-order valence-corrected chi connectivity index (χ1v) is 13.5. The van der Waals surface area contributed by atoms with Crippen LogP contribution in [0, 0.1) is 11.7 Å². The Morgan fingerprint density at radius 2 is 1.92 bits per heavy atom. The van der Waals surface area contributed by atoms with Crippen LogP contribution in [0.5, 0.6) is 5.75 Å². The van der Waals surface area contributed by atoms with Gasteiger partial charge in [-0.25, -0.2) is 22.5 Å². The number of nitrogens with zero attached hydrogens (tertiary/aromatic N) is 2. The number of sulfonamides is 1. The molecule has 0 radical (unpaired) electrons. The van der Waals surface area contributed by atoms with E-state index in [1.807, 2.05) is 23.5 Å². The number of aromatic nitrogens is 2. The topological polar surface area (TPSA) is 121 Å². The number of hydrogen-bond donors (Lipinski definition) is 2. The van der Waals surface area contributed by atoms with Gasteiger partial charge in [0.25, 0.3) is 21.5 Å². The average Bonchev–Trinajstić information content (AvgIpc) is 2.83. The van der Waals surface area contributed by atoms with Crippen molar-refractivity contribution in [2.75, 3.05) is 18.0 Å². The number of rotatable bonds is 7. The second-order valence-corrected chi connectivity index (χ2v) is 11.0. The Kier molecular flexibility index (Phi) is 7.63. The van der Waals surface area contributed by atoms with Gasteiger partial charge in [-0.05, 0) is 69.0 Å². The van der Waals surface area contributed by atoms with Crippen LogP contribution in [0.15, 0.2) is 58.4 Å². The summed E-state index contributed by atoms with van der Waals surface area (Å²) >= 11 is 0. The Morgan fingerprint density at radius 1 is 1.19 bits per heavy atom. The minimum atomic E-state index is -4.44. The molecule has 0 atom stereocenters. The molecule has 0 saturated carbocycles. The van der Waals surface area contributed by atoms with Gasteiger partial charge < -0.3 is 14.6 Å². The maximum absolute atomic E-state index is 14.4. The van der Waals surface area contributed by atoms with Crippen molar-refractivity contribution in [3.05, 3.63) is 70.4 Å². The van der Waals surface area contributed by atoms with Gasteiger partial charge in [-0.1, -0.05) is 6.92 Å². The van der Waals surface area contributed by atoms with E-state index in [0.29, 0.717) is 36.0 Å². The van der Waals surface area contributed by atoms with E-state index in [1.165, 1.54) is 36.5 Å². The van der Waals surface area contributed by atoms with Crippen molar-refractivity contribution in [1.29, 1.82) is 0 Å². The van der Waals surface area contributed by atoms with E-state index in [4.69, 9.17) is 4.74 Å². The molecule has 1 amide bonds. The van der Waals surface area contributed by atoms with Crippen LogP contribution >= 0.6 is 0 Å². The van der Waals surface area contributed by atoms with Crippen LogP contribution in [0.4, 0.5) is 10.2 Å². The number of carbonyl (C=O) groups excluding carboxylic acids is 1. The van der Waals surface area contributed by atoms with Gasteiger partial charge >= 0.3 is 0 Å². The molecule has 1 aromatic carbocycles. The highest BCUT2D eigenvalue weighted by Gasteiger charge is 2.27. The number of carbonyl (C=O) groups is 1. The molecule has 1 saturated heterocycles. The van der Waals surface area contributed by atoms with E-state index >= 15 is 0 Å². The third kappa shape index (κ3) is 6.16. The molecular formula is C26H29FN4O5S. The Labute approximate surface area is 214 Å². The fraction of sp³-hybridized carbons (Fsp3) is 0.346. The van der Waals surface area contributed by atoms with Crippen LogP contribution in [-0.2, 0) is 10.0 Å². The van der Waals surface area contributed by atoms with Gasteiger partial charge in [-0.2, -0.15) is 0 Å². The molecule has 1 fully saturated rings. The average molecular weight is 529 g/mol. The molecule has 1 aliphatic rings. The van der Waals surface area contributed by atoms with Crippen molar-refractivity contribution >= 4 is 21.7 Å². The second-order valence-electron chi connectivity index (χ2n) is 9.38. The fourth-order valence-electron chi connectivity index (χ4n) is 4.15. The number of piperidine rings is 1. The van der Waals surface area contributed by atoms with Gasteiger partial charge in [-0.3, -0.25) is 9.59 Å². The lowest BCUT2D eigenvalue weighted by Gasteiger charge is -2.32. The highest BCUT2D eigenvalue weighted by atomic mass is 32.2. The summed E-state index contributed by atoms with van der Waals surface area (Å²) in [6, 6.07) is 9.73. The molecule has 3 heterocycles. The van der Waals surface area contributed by atoms with Gasteiger partial charge in [0.1, 0.15) is 17.4 Å². The van der Waals surface area contributed by atoms with E-state index in [0.717, 1.165) is 18.9 Å². The molecule has 0 aliphatic carbocycles. The van der Waals surface area contributed by atoms with Crippen molar-refractivity contribution in [3.63, 3.8) is 0 Å². The minimum absolute atomic E-state index is 0.0318. The van der Waals surface area contributed by atoms with Crippen LogP contribution in [0.3, 0.4) is 0 Å². The third-order valence-corrected chi connectivity index (χ3v) is 7.40. The Balaban J connectivity index is 1.74. The van der Waals surface area contributed by atoms with Crippen molar-refractivity contribution < 1.29 is 22.3 Å². The van der Waals surface area contributed by atoms with Crippen molar-refractivity contribution in [2.45, 2.75) is 44.6 Å². The molecular weight excluding hydrogens is 499 g/mol. The number of ether oxygens (including phenoxy) is 1. The lowest BCUT2D eigenvalue weighted by atomic mass is 9.98. The molecule has 2 aromatic heterocycles. The van der Waals surface area contributed by atoms with E-state index in [1.54, 1.807) is 6.07 Å². The summed E-state index contributed by atoms with van der Waals surface area (Å²) in [5.41, 5.74) is 0.0506. The SMILES string of the molecule is CC1CCN(c2nc(-c3cc(F)cc(OC(C)C)c3)ccc2C(=O)NS(=O)(=O)c2ccc[nH]c2=O)CC1. The van der Waals surface area contributed by atoms with Crippen LogP contribution in [0.25, 0.3) is 11.3 Å². The normalized spacial score (nSPS) is 14.6. The van der Waals surface area contributed by atoms with Gasteiger partial charge in [0.05, 0.1) is 17.4 Å². The minimum Gasteiger partial charge on any atom is -0.491 e. The lowest BCUT2D eigenvalue weighted by molar-refractivity contribution is 0.0981. The zero-order valence-electron chi connectivity index (χ0n) is 20.8. The smallest absolute Gasteiger partial charge is 0.269 e. The highest BCUT2D eigenvalue weighted by Crippen LogP contribution is 2.30. The summed E-state index contributed by atoms with van der Waals surface area (Å²) in [6.45, 7) is 7.05. The van der Waals surface area contributed by atoms with E-state index in [-0.39, 0.29) is 17.5 Å². The summed E-state index contributed by atoms with van der Waals surface area (Å²) in [4.78, 5) is 33.5. The summed E-state index contributed by atoms with van der Waals surface area (Å²) in [7, 11) is -4.44. The maximum atomic E-state index is 14.4. The van der Waals surface area contributed by atoms with Crippen molar-refractivity contribution in [3.8, 4) is 17.0 Å². The number of benzene rings is 1. The fourth-order valence-corrected chi connectivity index (χ4v) is 5.17. The molecule has 4 rings (SSSR count). The van der Waals surface area contributed by atoms with Crippen LogP contribution in [-0.4, -0.2) is 43.5 Å². The number of nitrogens with one attached hydrogen (secondary N) is 2. The first-order chi connectivity index (χ1) is 17.5. The number of halogens is 1. The molecule has 3 aromatic rings. The molecule has 0 bridgehead atoms. The Morgan fingerprint density at radius 3 is 2.59 bits per heavy atom. The van der Waals surface area contributed by atoms with Gasteiger partial charge in [-0.15, -0.1) is 0 Å². The van der Waals surface area contributed by atoms with Crippen LogP contribution in [0.2, 0.25) is 0 Å². The van der Waals surface area contributed by atoms with Gasteiger partial charge in [0.2, 0.25) is 0 Å². The zero-order valence-corrected chi connectivity index (χ0v) is 21.6. The Hall–Kier alpha value is -3.73. The standard InChI is InChI=1S/C26H29FN4O5S/c1-16(2)36-20-14-18(13-19(27)15-20)22-7-6-21(24(29-22)31-11-8-17(3)9-12-31)25(32)30-37(34,35)23-5-4-10-28-26(23)33/h4-7,10,13-17H,8-9,11-12H2,1-3H3,(H,28,33)(H,30,32). The quantitative estimate of drug-likeness (QED) is 0.479. The maximum Gasteiger partial charge on any atom is 0.269 e. The first-order valence-electron chi connectivity index (χ1n) is 12.0. The van der Waals surface area contributed by atoms with Crippen LogP contribution in [0.1, 0.15) is 44.0 Å². The number of pyridine rings is 2. The third-order valence-electron chi connectivity index (χ3n) is 6.04. The summed E-state index contributed by atoms with van der Waals surface area (Å²) in [5.74, 6) is -0.278. The summed E-state index contributed by atoms with van der Waals surface area (Å²) in [6.07, 6.45) is 2.89. The number of aromatic amines is 1. The van der Waals surface area contributed by atoms with Crippen LogP contribution < -0.4 is 19.9 Å². The molecule has 0 spiro atoms. The second kappa shape index (κ2) is 10.7. The monoisotopic (exact) mass is 528 g/mol. The Bertz CT molecular complexity index is 1460. The molecule has 9 nitrogen and oxygen atoms in total. The van der Waals surface area contributed by atoms with E-state index in [9.17, 15) is 22.4 Å². The molecule has 11 heteroatoms. The molecule has 0 unspecified atom stereocenters. The molecule has 2 N–H and O–H groups in total. The highest BCUT2D eigenvalue weighted by molar-refractivity contribution is 7.90. The van der Waals surface area contributed by atoms with E-state index < -0.39 is 32.2 Å². The number of anilines is 1. The first kappa shape index (κ1) is 26.3. The van der Waals surface area contributed by atoms with Gasteiger partial charge in [0.15, 0.2) is 4.90 Å². The zero-order chi connectivity index (χ0) is 26.7.